The molecule has 1 aliphatic rings. The van der Waals surface area contributed by atoms with Gasteiger partial charge in [0.05, 0.1) is 6.04 Å². The van der Waals surface area contributed by atoms with Gasteiger partial charge in [0.1, 0.15) is 0 Å². The Morgan fingerprint density at radius 3 is 2.83 bits per heavy atom. The lowest BCUT2D eigenvalue weighted by Gasteiger charge is -2.16. The van der Waals surface area contributed by atoms with Gasteiger partial charge in [0.15, 0.2) is 18.2 Å². The smallest absolute Gasteiger partial charge is 0.258 e. The summed E-state index contributed by atoms with van der Waals surface area (Å²) in [5.74, 6) is -0.638. The summed E-state index contributed by atoms with van der Waals surface area (Å²) < 4.78 is 18.7. The molecule has 0 bridgehead atoms. The van der Waals surface area contributed by atoms with Crippen LogP contribution in [0.2, 0.25) is 0 Å². The average molecular weight is 313 g/mol. The molecule has 1 aliphatic carbocycles. The summed E-state index contributed by atoms with van der Waals surface area (Å²) >= 11 is 0. The van der Waals surface area contributed by atoms with Crippen molar-refractivity contribution in [1.29, 1.82) is 0 Å². The summed E-state index contributed by atoms with van der Waals surface area (Å²) in [6.45, 7) is 1.74. The molecule has 0 spiro atoms. The number of hydrogen-bond donors (Lipinski definition) is 1. The second-order valence-corrected chi connectivity index (χ2v) is 5.89. The highest BCUT2D eigenvalue weighted by Crippen LogP contribution is 2.25. The summed E-state index contributed by atoms with van der Waals surface area (Å²) in [4.78, 5) is 12.0. The van der Waals surface area contributed by atoms with E-state index in [1.807, 2.05) is 6.92 Å². The van der Waals surface area contributed by atoms with Gasteiger partial charge in [-0.15, -0.1) is 0 Å². The van der Waals surface area contributed by atoms with E-state index in [9.17, 15) is 9.18 Å². The molecular formula is C19H20FNO2. The minimum Gasteiger partial charge on any atom is -0.481 e. The Kier molecular flexibility index (Phi) is 4.60. The summed E-state index contributed by atoms with van der Waals surface area (Å²) in [5, 5.41) is 2.89. The molecular weight excluding hydrogens is 293 g/mol. The number of rotatable bonds is 5. The van der Waals surface area contributed by atoms with Crippen LogP contribution < -0.4 is 10.1 Å². The maximum atomic E-state index is 13.4. The van der Waals surface area contributed by atoms with Gasteiger partial charge >= 0.3 is 0 Å². The maximum Gasteiger partial charge on any atom is 0.258 e. The molecule has 2 aromatic rings. The number of fused-ring (bicyclic) bond motifs is 1. The van der Waals surface area contributed by atoms with Crippen molar-refractivity contribution in [2.24, 2.45) is 0 Å². The molecule has 0 heterocycles. The molecule has 1 atom stereocenters. The van der Waals surface area contributed by atoms with Gasteiger partial charge in [-0.3, -0.25) is 4.79 Å². The van der Waals surface area contributed by atoms with Gasteiger partial charge in [-0.05, 0) is 55.0 Å². The number of carbonyl (C=O) groups is 1. The molecule has 3 rings (SSSR count). The van der Waals surface area contributed by atoms with Gasteiger partial charge in [0.25, 0.3) is 5.91 Å². The van der Waals surface area contributed by atoms with Gasteiger partial charge in [-0.1, -0.05) is 30.3 Å². The van der Waals surface area contributed by atoms with E-state index in [4.69, 9.17) is 4.74 Å². The fraction of sp³-hybridized carbons (Fsp3) is 0.316. The van der Waals surface area contributed by atoms with Gasteiger partial charge in [0, 0.05) is 0 Å². The van der Waals surface area contributed by atoms with Crippen LogP contribution in [-0.4, -0.2) is 12.5 Å². The van der Waals surface area contributed by atoms with E-state index in [0.717, 1.165) is 18.4 Å². The summed E-state index contributed by atoms with van der Waals surface area (Å²) in [5.41, 5.74) is 3.88. The van der Waals surface area contributed by atoms with E-state index < -0.39 is 5.82 Å². The molecule has 120 valence electrons. The highest BCUT2D eigenvalue weighted by molar-refractivity contribution is 5.78. The number of halogens is 1. The Bertz CT molecular complexity index is 714. The first-order valence-corrected chi connectivity index (χ1v) is 7.92. The van der Waals surface area contributed by atoms with E-state index in [0.29, 0.717) is 0 Å². The second kappa shape index (κ2) is 6.82. The molecule has 0 saturated carbocycles. The van der Waals surface area contributed by atoms with Crippen LogP contribution in [0.4, 0.5) is 4.39 Å². The van der Waals surface area contributed by atoms with Crippen molar-refractivity contribution in [3.05, 3.63) is 65.0 Å². The monoisotopic (exact) mass is 313 g/mol. The number of amides is 1. The Balaban J connectivity index is 1.56. The molecule has 3 nitrogen and oxygen atoms in total. The number of carbonyl (C=O) groups excluding carboxylic acids is 1. The van der Waals surface area contributed by atoms with Crippen LogP contribution in [0.1, 0.15) is 36.1 Å². The van der Waals surface area contributed by atoms with Crippen LogP contribution in [0.3, 0.4) is 0 Å². The molecule has 0 saturated heterocycles. The standard InChI is InChI=1S/C19H20FNO2/c1-13(15-10-9-14-5-4-6-16(14)11-15)21-19(22)12-23-18-8-3-2-7-17(18)20/h2-3,7-11,13H,4-6,12H2,1H3,(H,21,22)/t13-/m1/s1. The lowest BCUT2D eigenvalue weighted by molar-refractivity contribution is -0.123. The fourth-order valence-corrected chi connectivity index (χ4v) is 2.93. The quantitative estimate of drug-likeness (QED) is 0.916. The zero-order chi connectivity index (χ0) is 16.2. The first kappa shape index (κ1) is 15.5. The molecule has 0 aliphatic heterocycles. The van der Waals surface area contributed by atoms with Crippen LogP contribution in [0, 0.1) is 5.82 Å². The molecule has 1 N–H and O–H groups in total. The molecule has 2 aromatic carbocycles. The lowest BCUT2D eigenvalue weighted by Crippen LogP contribution is -2.31. The highest BCUT2D eigenvalue weighted by atomic mass is 19.1. The fourth-order valence-electron chi connectivity index (χ4n) is 2.93. The molecule has 0 radical (unpaired) electrons. The minimum atomic E-state index is -0.466. The van der Waals surface area contributed by atoms with Crippen molar-refractivity contribution in [1.82, 2.24) is 5.32 Å². The molecule has 0 fully saturated rings. The van der Waals surface area contributed by atoms with Crippen LogP contribution in [0.5, 0.6) is 5.75 Å². The third-order valence-electron chi connectivity index (χ3n) is 4.20. The highest BCUT2D eigenvalue weighted by Gasteiger charge is 2.15. The normalized spacial score (nSPS) is 14.2. The van der Waals surface area contributed by atoms with E-state index in [1.165, 1.54) is 29.7 Å². The Labute approximate surface area is 135 Å². The van der Waals surface area contributed by atoms with Crippen molar-refractivity contribution in [2.75, 3.05) is 6.61 Å². The van der Waals surface area contributed by atoms with E-state index in [2.05, 4.69) is 23.5 Å². The van der Waals surface area contributed by atoms with E-state index >= 15 is 0 Å². The Morgan fingerprint density at radius 2 is 2.00 bits per heavy atom. The molecule has 4 heteroatoms. The predicted octanol–water partition coefficient (Wildman–Crippen LogP) is 3.57. The number of aryl methyl sites for hydroxylation is 2. The third kappa shape index (κ3) is 3.70. The Hall–Kier alpha value is -2.36. The predicted molar refractivity (Wildman–Crippen MR) is 86.9 cm³/mol. The Morgan fingerprint density at radius 1 is 1.22 bits per heavy atom. The van der Waals surface area contributed by atoms with Crippen LogP contribution in [-0.2, 0) is 17.6 Å². The number of hydrogen-bond acceptors (Lipinski definition) is 2. The summed E-state index contributed by atoms with van der Waals surface area (Å²) in [6, 6.07) is 12.3. The van der Waals surface area contributed by atoms with Crippen molar-refractivity contribution in [3.63, 3.8) is 0 Å². The third-order valence-corrected chi connectivity index (χ3v) is 4.20. The van der Waals surface area contributed by atoms with Crippen LogP contribution in [0.15, 0.2) is 42.5 Å². The van der Waals surface area contributed by atoms with E-state index in [1.54, 1.807) is 12.1 Å². The lowest BCUT2D eigenvalue weighted by atomic mass is 10.0. The van der Waals surface area contributed by atoms with Crippen molar-refractivity contribution >= 4 is 5.91 Å². The zero-order valence-electron chi connectivity index (χ0n) is 13.1. The van der Waals surface area contributed by atoms with Crippen molar-refractivity contribution in [3.8, 4) is 5.75 Å². The number of ether oxygens (including phenoxy) is 1. The summed E-state index contributed by atoms with van der Waals surface area (Å²) in [6.07, 6.45) is 3.46. The minimum absolute atomic E-state index is 0.0906. The second-order valence-electron chi connectivity index (χ2n) is 5.89. The van der Waals surface area contributed by atoms with Gasteiger partial charge < -0.3 is 10.1 Å². The number of nitrogens with one attached hydrogen (secondary N) is 1. The average Bonchev–Trinajstić information content (AvgIpc) is 3.01. The van der Waals surface area contributed by atoms with Gasteiger partial charge in [0.2, 0.25) is 0 Å². The first-order valence-electron chi connectivity index (χ1n) is 7.92. The maximum absolute atomic E-state index is 13.4. The van der Waals surface area contributed by atoms with Gasteiger partial charge in [-0.2, -0.15) is 0 Å². The van der Waals surface area contributed by atoms with Crippen molar-refractivity contribution in [2.45, 2.75) is 32.2 Å². The zero-order valence-corrected chi connectivity index (χ0v) is 13.1. The van der Waals surface area contributed by atoms with Crippen LogP contribution in [0.25, 0.3) is 0 Å². The topological polar surface area (TPSA) is 38.3 Å². The van der Waals surface area contributed by atoms with E-state index in [-0.39, 0.29) is 24.3 Å². The van der Waals surface area contributed by atoms with Crippen molar-refractivity contribution < 1.29 is 13.9 Å². The number of para-hydroxylation sites is 1. The van der Waals surface area contributed by atoms with Crippen LogP contribution >= 0.6 is 0 Å². The number of benzene rings is 2. The molecule has 0 unspecified atom stereocenters. The van der Waals surface area contributed by atoms with Gasteiger partial charge in [-0.25, -0.2) is 4.39 Å². The summed E-state index contributed by atoms with van der Waals surface area (Å²) in [7, 11) is 0. The largest absolute Gasteiger partial charge is 0.481 e. The SMILES string of the molecule is C[C@@H](NC(=O)COc1ccccc1F)c1ccc2c(c1)CCC2. The molecule has 23 heavy (non-hydrogen) atoms. The first-order chi connectivity index (χ1) is 11.1. The molecule has 0 aromatic heterocycles. The molecule has 1 amide bonds.